The Morgan fingerprint density at radius 1 is 1.24 bits per heavy atom. The normalized spacial score (nSPS) is 10.3. The lowest BCUT2D eigenvalue weighted by molar-refractivity contribution is 0.104. The third kappa shape index (κ3) is 3.48. The summed E-state index contributed by atoms with van der Waals surface area (Å²) in [6, 6.07) is 13.4. The molecular weight excluding hydrogens is 266 g/mol. The average Bonchev–Trinajstić information content (AvgIpc) is 2.53. The number of aromatic hydroxyl groups is 1. The fraction of sp³-hybridized carbons (Fsp3) is 0.0588. The van der Waals surface area contributed by atoms with E-state index < -0.39 is 0 Å². The van der Waals surface area contributed by atoms with Crippen LogP contribution in [0.1, 0.15) is 21.5 Å². The minimum atomic E-state index is -0.197. The van der Waals surface area contributed by atoms with Gasteiger partial charge in [-0.3, -0.25) is 4.79 Å². The van der Waals surface area contributed by atoms with Crippen molar-refractivity contribution in [1.29, 1.82) is 5.26 Å². The van der Waals surface area contributed by atoms with E-state index in [9.17, 15) is 9.90 Å². The molecule has 0 aromatic heterocycles. The number of rotatable bonds is 4. The van der Waals surface area contributed by atoms with Crippen LogP contribution in [-0.2, 0) is 0 Å². The maximum Gasteiger partial charge on any atom is 0.185 e. The molecule has 0 saturated heterocycles. The van der Waals surface area contributed by atoms with Crippen LogP contribution >= 0.6 is 0 Å². The molecule has 0 spiro atoms. The summed E-state index contributed by atoms with van der Waals surface area (Å²) >= 11 is 0. The fourth-order valence-electron chi connectivity index (χ4n) is 1.77. The number of carbonyl (C=O) groups excluding carboxylic acids is 1. The zero-order valence-corrected chi connectivity index (χ0v) is 11.4. The van der Waals surface area contributed by atoms with Gasteiger partial charge in [0, 0.05) is 5.56 Å². The van der Waals surface area contributed by atoms with Gasteiger partial charge in [-0.2, -0.15) is 5.26 Å². The molecule has 0 radical (unpaired) electrons. The molecule has 2 rings (SSSR count). The van der Waals surface area contributed by atoms with Gasteiger partial charge in [0.05, 0.1) is 18.7 Å². The largest absolute Gasteiger partial charge is 0.504 e. The van der Waals surface area contributed by atoms with Crippen LogP contribution in [-0.4, -0.2) is 18.0 Å². The SMILES string of the molecule is COc1cc(C(=O)C=Cc2ccc(C#N)cc2)ccc1O. The molecule has 21 heavy (non-hydrogen) atoms. The Morgan fingerprint density at radius 3 is 2.57 bits per heavy atom. The van der Waals surface area contributed by atoms with E-state index in [1.54, 1.807) is 30.3 Å². The molecule has 4 nitrogen and oxygen atoms in total. The number of ether oxygens (including phenoxy) is 1. The van der Waals surface area contributed by atoms with Gasteiger partial charge in [0.25, 0.3) is 0 Å². The van der Waals surface area contributed by atoms with E-state index in [2.05, 4.69) is 0 Å². The first-order chi connectivity index (χ1) is 10.1. The predicted octanol–water partition coefficient (Wildman–Crippen LogP) is 3.17. The number of hydrogen-bond acceptors (Lipinski definition) is 4. The van der Waals surface area contributed by atoms with E-state index in [-0.39, 0.29) is 17.3 Å². The van der Waals surface area contributed by atoms with Crippen molar-refractivity contribution in [1.82, 2.24) is 0 Å². The van der Waals surface area contributed by atoms with Crippen LogP contribution in [0.3, 0.4) is 0 Å². The van der Waals surface area contributed by atoms with Gasteiger partial charge in [-0.25, -0.2) is 0 Å². The number of phenolic OH excluding ortho intramolecular Hbond substituents is 1. The summed E-state index contributed by atoms with van der Waals surface area (Å²) in [5.74, 6) is 0.0513. The van der Waals surface area contributed by atoms with Crippen molar-refractivity contribution >= 4 is 11.9 Å². The lowest BCUT2D eigenvalue weighted by atomic mass is 10.1. The Morgan fingerprint density at radius 2 is 1.95 bits per heavy atom. The first-order valence-corrected chi connectivity index (χ1v) is 6.23. The van der Waals surface area contributed by atoms with Crippen LogP contribution in [0.4, 0.5) is 0 Å². The Balaban J connectivity index is 2.17. The van der Waals surface area contributed by atoms with Gasteiger partial charge < -0.3 is 9.84 Å². The molecule has 0 bridgehead atoms. The number of benzene rings is 2. The van der Waals surface area contributed by atoms with Gasteiger partial charge in [-0.1, -0.05) is 18.2 Å². The highest BCUT2D eigenvalue weighted by Gasteiger charge is 2.07. The molecule has 0 amide bonds. The molecule has 0 aliphatic carbocycles. The average molecular weight is 279 g/mol. The molecule has 104 valence electrons. The maximum absolute atomic E-state index is 12.0. The number of nitrogens with zero attached hydrogens (tertiary/aromatic N) is 1. The highest BCUT2D eigenvalue weighted by molar-refractivity contribution is 6.07. The molecule has 0 unspecified atom stereocenters. The molecule has 0 fully saturated rings. The van der Waals surface area contributed by atoms with Gasteiger partial charge >= 0.3 is 0 Å². The maximum atomic E-state index is 12.0. The van der Waals surface area contributed by atoms with Gasteiger partial charge in [-0.15, -0.1) is 0 Å². The zero-order chi connectivity index (χ0) is 15.2. The molecule has 2 aromatic carbocycles. The molecule has 0 atom stereocenters. The Bertz CT molecular complexity index is 725. The smallest absolute Gasteiger partial charge is 0.185 e. The second-order valence-corrected chi connectivity index (χ2v) is 4.32. The lowest BCUT2D eigenvalue weighted by Gasteiger charge is -2.04. The third-order valence-electron chi connectivity index (χ3n) is 2.93. The molecule has 1 N–H and O–H groups in total. The number of methoxy groups -OCH3 is 1. The van der Waals surface area contributed by atoms with E-state index in [1.807, 2.05) is 6.07 Å². The predicted molar refractivity (Wildman–Crippen MR) is 79.2 cm³/mol. The van der Waals surface area contributed by atoms with E-state index in [0.717, 1.165) is 5.56 Å². The first-order valence-electron chi connectivity index (χ1n) is 6.23. The highest BCUT2D eigenvalue weighted by Crippen LogP contribution is 2.26. The molecule has 4 heteroatoms. The van der Waals surface area contributed by atoms with E-state index in [1.165, 1.54) is 31.4 Å². The first kappa shape index (κ1) is 14.4. The van der Waals surface area contributed by atoms with E-state index in [0.29, 0.717) is 11.1 Å². The van der Waals surface area contributed by atoms with Crippen molar-refractivity contribution in [2.24, 2.45) is 0 Å². The van der Waals surface area contributed by atoms with Crippen molar-refractivity contribution in [3.63, 3.8) is 0 Å². The van der Waals surface area contributed by atoms with Crippen LogP contribution in [0.15, 0.2) is 48.5 Å². The summed E-state index contributed by atoms with van der Waals surface area (Å²) in [5.41, 5.74) is 1.82. The van der Waals surface area contributed by atoms with Crippen LogP contribution in [0.2, 0.25) is 0 Å². The van der Waals surface area contributed by atoms with E-state index in [4.69, 9.17) is 10.00 Å². The molecule has 0 heterocycles. The summed E-state index contributed by atoms with van der Waals surface area (Å²) in [6.45, 7) is 0. The molecule has 0 aliphatic heterocycles. The molecule has 2 aromatic rings. The summed E-state index contributed by atoms with van der Waals surface area (Å²) in [5, 5.41) is 18.2. The molecule has 0 aliphatic rings. The van der Waals surface area contributed by atoms with Gasteiger partial charge in [0.2, 0.25) is 0 Å². The summed E-state index contributed by atoms with van der Waals surface area (Å²) in [7, 11) is 1.43. The minimum absolute atomic E-state index is 0.00915. The van der Waals surface area contributed by atoms with Crippen LogP contribution < -0.4 is 4.74 Å². The van der Waals surface area contributed by atoms with Crippen molar-refractivity contribution < 1.29 is 14.6 Å². The molecular formula is C17H13NO3. The van der Waals surface area contributed by atoms with Crippen molar-refractivity contribution in [3.8, 4) is 17.6 Å². The Hall–Kier alpha value is -3.06. The second kappa shape index (κ2) is 6.40. The van der Waals surface area contributed by atoms with Crippen molar-refractivity contribution in [3.05, 3.63) is 65.2 Å². The minimum Gasteiger partial charge on any atom is -0.504 e. The number of allylic oxidation sites excluding steroid dienone is 1. The van der Waals surface area contributed by atoms with Gasteiger partial charge in [0.15, 0.2) is 17.3 Å². The zero-order valence-electron chi connectivity index (χ0n) is 11.4. The highest BCUT2D eigenvalue weighted by atomic mass is 16.5. The Kier molecular flexibility index (Phi) is 4.37. The number of ketones is 1. The lowest BCUT2D eigenvalue weighted by Crippen LogP contribution is -1.95. The number of hydrogen-bond donors (Lipinski definition) is 1. The van der Waals surface area contributed by atoms with Crippen LogP contribution in [0, 0.1) is 11.3 Å². The number of nitriles is 1. The summed E-state index contributed by atoms with van der Waals surface area (Å²) in [6.07, 6.45) is 3.11. The summed E-state index contributed by atoms with van der Waals surface area (Å²) in [4.78, 5) is 12.0. The molecule has 0 saturated carbocycles. The standard InChI is InChI=1S/C17H13NO3/c1-21-17-10-14(7-9-16(17)20)15(19)8-6-12-2-4-13(11-18)5-3-12/h2-10,20H,1H3. The monoisotopic (exact) mass is 279 g/mol. The Labute approximate surface area is 122 Å². The van der Waals surface area contributed by atoms with Crippen LogP contribution in [0.25, 0.3) is 6.08 Å². The van der Waals surface area contributed by atoms with Gasteiger partial charge in [-0.05, 0) is 42.0 Å². The topological polar surface area (TPSA) is 70.3 Å². The quantitative estimate of drug-likeness (QED) is 0.689. The van der Waals surface area contributed by atoms with Crippen molar-refractivity contribution in [2.45, 2.75) is 0 Å². The fourth-order valence-corrected chi connectivity index (χ4v) is 1.77. The number of carbonyl (C=O) groups is 1. The van der Waals surface area contributed by atoms with E-state index >= 15 is 0 Å². The second-order valence-electron chi connectivity index (χ2n) is 4.32. The number of phenols is 1. The van der Waals surface area contributed by atoms with Crippen LogP contribution in [0.5, 0.6) is 11.5 Å². The van der Waals surface area contributed by atoms with Gasteiger partial charge in [0.1, 0.15) is 0 Å². The van der Waals surface area contributed by atoms with Crippen molar-refractivity contribution in [2.75, 3.05) is 7.11 Å². The third-order valence-corrected chi connectivity index (χ3v) is 2.93. The summed E-state index contributed by atoms with van der Waals surface area (Å²) < 4.78 is 4.97.